The maximum absolute atomic E-state index is 12.9. The van der Waals surface area contributed by atoms with Crippen molar-refractivity contribution in [2.24, 2.45) is 17.8 Å². The highest BCUT2D eigenvalue weighted by atomic mass is 16.5. The zero-order chi connectivity index (χ0) is 18.0. The van der Waals surface area contributed by atoms with Gasteiger partial charge in [0.15, 0.2) is 0 Å². The lowest BCUT2D eigenvalue weighted by Crippen LogP contribution is -2.56. The molecular weight excluding hydrogens is 314 g/mol. The average molecular weight is 345 g/mol. The number of benzene rings is 1. The number of aliphatic hydroxyl groups is 1. The Morgan fingerprint density at radius 2 is 2.12 bits per heavy atom. The van der Waals surface area contributed by atoms with Gasteiger partial charge in [0.05, 0.1) is 6.61 Å². The van der Waals surface area contributed by atoms with Crippen molar-refractivity contribution in [1.82, 2.24) is 5.32 Å². The molecule has 1 amide bonds. The molecule has 4 heteroatoms. The molecule has 3 unspecified atom stereocenters. The van der Waals surface area contributed by atoms with E-state index in [1.807, 2.05) is 12.1 Å². The standard InChI is InChI=1S/C21H31NO3/c1-14(2)18-9-8-15(3)12-21(18,24)20(23)22-13-19-17-7-5-4-6-16(17)10-11-25-19/h4-7,14-15,18-19,24H,8-13H2,1-3H3,(H,22,23)/t15?,18?,19-,21?/m0/s1. The lowest BCUT2D eigenvalue weighted by atomic mass is 9.66. The first kappa shape index (κ1) is 18.4. The summed E-state index contributed by atoms with van der Waals surface area (Å²) >= 11 is 0. The largest absolute Gasteiger partial charge is 0.380 e. The van der Waals surface area contributed by atoms with Crippen LogP contribution in [0.25, 0.3) is 0 Å². The Balaban J connectivity index is 1.69. The van der Waals surface area contributed by atoms with Crippen molar-refractivity contribution in [3.63, 3.8) is 0 Å². The summed E-state index contributed by atoms with van der Waals surface area (Å²) in [6.45, 7) is 7.40. The predicted molar refractivity (Wildman–Crippen MR) is 98.1 cm³/mol. The monoisotopic (exact) mass is 345 g/mol. The normalized spacial score (nSPS) is 32.3. The first-order chi connectivity index (χ1) is 11.9. The molecule has 1 aliphatic carbocycles. The van der Waals surface area contributed by atoms with Gasteiger partial charge in [0.2, 0.25) is 0 Å². The minimum absolute atomic E-state index is 0.0169. The zero-order valence-corrected chi connectivity index (χ0v) is 15.6. The minimum Gasteiger partial charge on any atom is -0.380 e. The molecule has 4 nitrogen and oxygen atoms in total. The van der Waals surface area contributed by atoms with E-state index in [-0.39, 0.29) is 23.8 Å². The summed E-state index contributed by atoms with van der Waals surface area (Å²) in [7, 11) is 0. The van der Waals surface area contributed by atoms with Crippen LogP contribution in [0.1, 0.15) is 57.3 Å². The van der Waals surface area contributed by atoms with Gasteiger partial charge in [0, 0.05) is 6.54 Å². The van der Waals surface area contributed by atoms with E-state index in [9.17, 15) is 9.90 Å². The van der Waals surface area contributed by atoms with E-state index in [2.05, 4.69) is 38.2 Å². The Morgan fingerprint density at radius 1 is 1.36 bits per heavy atom. The van der Waals surface area contributed by atoms with Gasteiger partial charge in [-0.25, -0.2) is 0 Å². The second-order valence-corrected chi connectivity index (χ2v) is 8.18. The van der Waals surface area contributed by atoms with Crippen molar-refractivity contribution in [1.29, 1.82) is 0 Å². The van der Waals surface area contributed by atoms with Crippen LogP contribution in [0, 0.1) is 17.8 Å². The average Bonchev–Trinajstić information content (AvgIpc) is 2.59. The highest BCUT2D eigenvalue weighted by Gasteiger charge is 2.48. The molecule has 1 fully saturated rings. The molecule has 1 aromatic carbocycles. The van der Waals surface area contributed by atoms with Gasteiger partial charge in [-0.3, -0.25) is 4.79 Å². The fourth-order valence-electron chi connectivity index (χ4n) is 4.62. The third-order valence-corrected chi connectivity index (χ3v) is 5.98. The molecule has 25 heavy (non-hydrogen) atoms. The molecule has 1 heterocycles. The van der Waals surface area contributed by atoms with E-state index in [0.717, 1.165) is 24.8 Å². The van der Waals surface area contributed by atoms with E-state index in [1.165, 1.54) is 5.56 Å². The Hall–Kier alpha value is -1.39. The summed E-state index contributed by atoms with van der Waals surface area (Å²) in [6, 6.07) is 8.24. The predicted octanol–water partition coefficient (Wildman–Crippen LogP) is 3.24. The van der Waals surface area contributed by atoms with Crippen LogP contribution in [0.2, 0.25) is 0 Å². The van der Waals surface area contributed by atoms with Gasteiger partial charge in [-0.2, -0.15) is 0 Å². The summed E-state index contributed by atoms with van der Waals surface area (Å²) in [4.78, 5) is 12.9. The smallest absolute Gasteiger partial charge is 0.252 e. The summed E-state index contributed by atoms with van der Waals surface area (Å²) < 4.78 is 5.87. The van der Waals surface area contributed by atoms with Crippen LogP contribution < -0.4 is 5.32 Å². The molecular formula is C21H31NO3. The summed E-state index contributed by atoms with van der Waals surface area (Å²) in [5.41, 5.74) is 1.18. The maximum atomic E-state index is 12.9. The lowest BCUT2D eigenvalue weighted by Gasteiger charge is -2.43. The van der Waals surface area contributed by atoms with Crippen molar-refractivity contribution >= 4 is 5.91 Å². The molecule has 2 aliphatic rings. The Labute approximate surface area is 151 Å². The van der Waals surface area contributed by atoms with Gasteiger partial charge in [-0.15, -0.1) is 0 Å². The number of nitrogens with one attached hydrogen (secondary N) is 1. The fraction of sp³-hybridized carbons (Fsp3) is 0.667. The van der Waals surface area contributed by atoms with Gasteiger partial charge in [0.25, 0.3) is 5.91 Å². The molecule has 2 N–H and O–H groups in total. The molecule has 1 aromatic rings. The number of hydrogen-bond donors (Lipinski definition) is 2. The van der Waals surface area contributed by atoms with Crippen LogP contribution in [-0.2, 0) is 16.0 Å². The van der Waals surface area contributed by atoms with Crippen LogP contribution in [0.3, 0.4) is 0 Å². The molecule has 0 bridgehead atoms. The van der Waals surface area contributed by atoms with Gasteiger partial charge in [-0.1, -0.05) is 51.5 Å². The molecule has 0 saturated heterocycles. The second-order valence-electron chi connectivity index (χ2n) is 8.18. The SMILES string of the molecule is CC1CCC(C(C)C)C(O)(C(=O)NC[C@@H]2OCCc3ccccc32)C1. The maximum Gasteiger partial charge on any atom is 0.252 e. The first-order valence-electron chi connectivity index (χ1n) is 9.62. The van der Waals surface area contributed by atoms with E-state index in [1.54, 1.807) is 0 Å². The van der Waals surface area contributed by atoms with Crippen molar-refractivity contribution in [2.45, 2.75) is 58.2 Å². The van der Waals surface area contributed by atoms with Crippen molar-refractivity contribution in [3.05, 3.63) is 35.4 Å². The first-order valence-corrected chi connectivity index (χ1v) is 9.62. The zero-order valence-electron chi connectivity index (χ0n) is 15.6. The van der Waals surface area contributed by atoms with E-state index >= 15 is 0 Å². The Morgan fingerprint density at radius 3 is 2.88 bits per heavy atom. The number of hydrogen-bond acceptors (Lipinski definition) is 3. The van der Waals surface area contributed by atoms with Crippen molar-refractivity contribution in [3.8, 4) is 0 Å². The minimum atomic E-state index is -1.26. The summed E-state index contributed by atoms with van der Waals surface area (Å²) in [5.74, 6) is 0.444. The number of carbonyl (C=O) groups is 1. The second kappa shape index (κ2) is 7.46. The molecule has 138 valence electrons. The molecule has 3 rings (SSSR count). The van der Waals surface area contributed by atoms with Crippen LogP contribution in [0.5, 0.6) is 0 Å². The van der Waals surface area contributed by atoms with Gasteiger partial charge in [-0.05, 0) is 48.1 Å². The van der Waals surface area contributed by atoms with E-state index < -0.39 is 5.60 Å². The Bertz CT molecular complexity index is 615. The van der Waals surface area contributed by atoms with E-state index in [0.29, 0.717) is 25.5 Å². The van der Waals surface area contributed by atoms with Crippen LogP contribution in [0.15, 0.2) is 24.3 Å². The summed E-state index contributed by atoms with van der Waals surface area (Å²) in [6.07, 6.45) is 3.32. The quantitative estimate of drug-likeness (QED) is 0.881. The van der Waals surface area contributed by atoms with Crippen LogP contribution in [0.4, 0.5) is 0 Å². The molecule has 0 spiro atoms. The number of rotatable bonds is 4. The highest BCUT2D eigenvalue weighted by Crippen LogP contribution is 2.41. The van der Waals surface area contributed by atoms with Gasteiger partial charge >= 0.3 is 0 Å². The number of fused-ring (bicyclic) bond motifs is 1. The summed E-state index contributed by atoms with van der Waals surface area (Å²) in [5, 5.41) is 14.2. The molecule has 1 aliphatic heterocycles. The van der Waals surface area contributed by atoms with Gasteiger partial charge < -0.3 is 15.2 Å². The van der Waals surface area contributed by atoms with Crippen LogP contribution in [-0.4, -0.2) is 29.8 Å². The molecule has 4 atom stereocenters. The Kier molecular flexibility index (Phi) is 5.49. The third kappa shape index (κ3) is 3.75. The molecule has 0 radical (unpaired) electrons. The lowest BCUT2D eigenvalue weighted by molar-refractivity contribution is -0.156. The number of ether oxygens (including phenoxy) is 1. The van der Waals surface area contributed by atoms with Crippen LogP contribution >= 0.6 is 0 Å². The van der Waals surface area contributed by atoms with Gasteiger partial charge in [0.1, 0.15) is 11.7 Å². The number of carbonyl (C=O) groups excluding carboxylic acids is 1. The fourth-order valence-corrected chi connectivity index (χ4v) is 4.62. The third-order valence-electron chi connectivity index (χ3n) is 5.98. The number of amides is 1. The van der Waals surface area contributed by atoms with Crippen molar-refractivity contribution in [2.75, 3.05) is 13.2 Å². The molecule has 1 saturated carbocycles. The highest BCUT2D eigenvalue weighted by molar-refractivity contribution is 5.85. The van der Waals surface area contributed by atoms with Crippen molar-refractivity contribution < 1.29 is 14.6 Å². The van der Waals surface area contributed by atoms with E-state index in [4.69, 9.17) is 4.74 Å². The topological polar surface area (TPSA) is 58.6 Å². The molecule has 0 aromatic heterocycles.